The van der Waals surface area contributed by atoms with E-state index >= 15 is 0 Å². The summed E-state index contributed by atoms with van der Waals surface area (Å²) >= 11 is 3.59. The van der Waals surface area contributed by atoms with Crippen LogP contribution in [0.1, 0.15) is 24.5 Å². The smallest absolute Gasteiger partial charge is 0.162 e. The van der Waals surface area contributed by atoms with Gasteiger partial charge in [-0.1, -0.05) is 53.2 Å². The van der Waals surface area contributed by atoms with Crippen LogP contribution in [0.25, 0.3) is 0 Å². The molecule has 0 amide bonds. The van der Waals surface area contributed by atoms with Crippen molar-refractivity contribution in [2.45, 2.75) is 32.5 Å². The van der Waals surface area contributed by atoms with E-state index in [1.54, 1.807) is 7.11 Å². The Morgan fingerprint density at radius 1 is 1.17 bits per heavy atom. The van der Waals surface area contributed by atoms with Crippen molar-refractivity contribution in [2.24, 2.45) is 0 Å². The predicted molar refractivity (Wildman–Crippen MR) is 99.5 cm³/mol. The topological polar surface area (TPSA) is 50.7 Å². The van der Waals surface area contributed by atoms with Crippen molar-refractivity contribution in [3.8, 4) is 11.5 Å². The summed E-state index contributed by atoms with van der Waals surface area (Å²) in [7, 11) is 1.64. The Labute approximate surface area is 151 Å². The molecule has 0 aliphatic rings. The molecule has 2 N–H and O–H groups in total. The molecule has 0 heterocycles. The van der Waals surface area contributed by atoms with Crippen LogP contribution in [0.3, 0.4) is 0 Å². The first-order valence-corrected chi connectivity index (χ1v) is 8.84. The van der Waals surface area contributed by atoms with Gasteiger partial charge in [-0.25, -0.2) is 0 Å². The number of halogens is 1. The first-order chi connectivity index (χ1) is 11.7. The van der Waals surface area contributed by atoms with Crippen molar-refractivity contribution in [1.82, 2.24) is 5.32 Å². The normalized spacial score (nSPS) is 12.0. The summed E-state index contributed by atoms with van der Waals surface area (Å²) < 4.78 is 12.3. The Morgan fingerprint density at radius 3 is 2.54 bits per heavy atom. The Kier molecular flexibility index (Phi) is 7.56. The molecule has 0 fully saturated rings. The molecule has 2 aromatic carbocycles. The van der Waals surface area contributed by atoms with Crippen molar-refractivity contribution in [3.63, 3.8) is 0 Å². The average Bonchev–Trinajstić information content (AvgIpc) is 2.62. The number of hydrogen-bond donors (Lipinski definition) is 2. The lowest BCUT2D eigenvalue weighted by Crippen LogP contribution is -2.31. The maximum atomic E-state index is 9.28. The summed E-state index contributed by atoms with van der Waals surface area (Å²) in [6.07, 6.45) is 0.878. The molecule has 130 valence electrons. The fourth-order valence-corrected chi connectivity index (χ4v) is 2.78. The van der Waals surface area contributed by atoms with Gasteiger partial charge in [0.05, 0.1) is 13.7 Å². The van der Waals surface area contributed by atoms with Gasteiger partial charge in [0.2, 0.25) is 0 Å². The van der Waals surface area contributed by atoms with Crippen molar-refractivity contribution in [3.05, 3.63) is 58.1 Å². The Bertz CT molecular complexity index is 630. The van der Waals surface area contributed by atoms with Crippen LogP contribution in [0.2, 0.25) is 0 Å². The molecule has 0 unspecified atom stereocenters. The van der Waals surface area contributed by atoms with E-state index in [0.717, 1.165) is 22.0 Å². The maximum Gasteiger partial charge on any atom is 0.162 e. The highest BCUT2D eigenvalue weighted by molar-refractivity contribution is 9.10. The van der Waals surface area contributed by atoms with Gasteiger partial charge in [-0.2, -0.15) is 0 Å². The van der Waals surface area contributed by atoms with E-state index in [4.69, 9.17) is 9.47 Å². The largest absolute Gasteiger partial charge is 0.493 e. The monoisotopic (exact) mass is 393 g/mol. The summed E-state index contributed by atoms with van der Waals surface area (Å²) in [6, 6.07) is 14.0. The molecular formula is C19H24BrNO3. The van der Waals surface area contributed by atoms with Gasteiger partial charge < -0.3 is 19.9 Å². The number of benzene rings is 2. The minimum atomic E-state index is 0.0944. The standard InChI is InChI=1S/C19H24BrNO3/c1-3-16(12-22)21-11-15-9-18(23-2)19(10-17(15)20)24-13-14-7-5-4-6-8-14/h4-10,16,21-22H,3,11-13H2,1-2H3/t16-/m1/s1. The van der Waals surface area contributed by atoms with Crippen LogP contribution < -0.4 is 14.8 Å². The highest BCUT2D eigenvalue weighted by Gasteiger charge is 2.12. The number of methoxy groups -OCH3 is 1. The molecule has 4 nitrogen and oxygen atoms in total. The average molecular weight is 394 g/mol. The fourth-order valence-electron chi connectivity index (χ4n) is 2.31. The number of aliphatic hydroxyl groups is 1. The first kappa shape index (κ1) is 18.8. The molecule has 0 bridgehead atoms. The molecule has 2 rings (SSSR count). The fraction of sp³-hybridized carbons (Fsp3) is 0.368. The lowest BCUT2D eigenvalue weighted by molar-refractivity contribution is 0.238. The Morgan fingerprint density at radius 2 is 1.92 bits per heavy atom. The van der Waals surface area contributed by atoms with E-state index in [1.807, 2.05) is 49.4 Å². The third kappa shape index (κ3) is 5.23. The van der Waals surface area contributed by atoms with Gasteiger partial charge in [-0.05, 0) is 29.7 Å². The zero-order valence-corrected chi connectivity index (χ0v) is 15.7. The van der Waals surface area contributed by atoms with E-state index in [-0.39, 0.29) is 12.6 Å². The highest BCUT2D eigenvalue weighted by atomic mass is 79.9. The van der Waals surface area contributed by atoms with Crippen LogP contribution in [-0.4, -0.2) is 24.9 Å². The van der Waals surface area contributed by atoms with Crippen LogP contribution >= 0.6 is 15.9 Å². The second-order valence-electron chi connectivity index (χ2n) is 5.54. The van der Waals surface area contributed by atoms with Gasteiger partial charge in [0.15, 0.2) is 11.5 Å². The Hall–Kier alpha value is -1.56. The van der Waals surface area contributed by atoms with Crippen LogP contribution in [0, 0.1) is 0 Å². The molecule has 0 spiro atoms. The van der Waals surface area contributed by atoms with Gasteiger partial charge >= 0.3 is 0 Å². The third-order valence-electron chi connectivity index (χ3n) is 3.86. The predicted octanol–water partition coefficient (Wildman–Crippen LogP) is 3.90. The summed E-state index contributed by atoms with van der Waals surface area (Å²) in [5.41, 5.74) is 2.17. The molecule has 5 heteroatoms. The molecule has 2 aromatic rings. The summed E-state index contributed by atoms with van der Waals surface area (Å²) in [5.74, 6) is 1.40. The number of nitrogens with one attached hydrogen (secondary N) is 1. The van der Waals surface area contributed by atoms with Crippen molar-refractivity contribution >= 4 is 15.9 Å². The lowest BCUT2D eigenvalue weighted by Gasteiger charge is -2.17. The molecular weight excluding hydrogens is 370 g/mol. The molecule has 0 saturated heterocycles. The van der Waals surface area contributed by atoms with E-state index in [2.05, 4.69) is 21.2 Å². The quantitative estimate of drug-likeness (QED) is 0.678. The molecule has 0 aromatic heterocycles. The highest BCUT2D eigenvalue weighted by Crippen LogP contribution is 2.34. The van der Waals surface area contributed by atoms with Gasteiger partial charge in [-0.3, -0.25) is 0 Å². The first-order valence-electron chi connectivity index (χ1n) is 8.05. The maximum absolute atomic E-state index is 9.28. The lowest BCUT2D eigenvalue weighted by atomic mass is 10.1. The van der Waals surface area contributed by atoms with Gasteiger partial charge in [0.1, 0.15) is 6.61 Å². The molecule has 0 saturated carbocycles. The minimum absolute atomic E-state index is 0.0944. The summed E-state index contributed by atoms with van der Waals surface area (Å²) in [4.78, 5) is 0. The van der Waals surface area contributed by atoms with Crippen LogP contribution in [0.5, 0.6) is 11.5 Å². The number of ether oxygens (including phenoxy) is 2. The molecule has 24 heavy (non-hydrogen) atoms. The van der Waals surface area contributed by atoms with E-state index in [0.29, 0.717) is 24.7 Å². The second-order valence-corrected chi connectivity index (χ2v) is 6.39. The van der Waals surface area contributed by atoms with E-state index in [9.17, 15) is 5.11 Å². The van der Waals surface area contributed by atoms with Crippen molar-refractivity contribution < 1.29 is 14.6 Å². The van der Waals surface area contributed by atoms with Gasteiger partial charge in [-0.15, -0.1) is 0 Å². The molecule has 0 radical (unpaired) electrons. The zero-order valence-electron chi connectivity index (χ0n) is 14.1. The van der Waals surface area contributed by atoms with Crippen LogP contribution in [-0.2, 0) is 13.2 Å². The molecule has 0 aliphatic carbocycles. The summed E-state index contributed by atoms with van der Waals surface area (Å²) in [6.45, 7) is 3.31. The molecule has 1 atom stereocenters. The van der Waals surface area contributed by atoms with Gasteiger partial charge in [0.25, 0.3) is 0 Å². The SMILES string of the molecule is CC[C@H](CO)NCc1cc(OC)c(OCc2ccccc2)cc1Br. The number of hydrogen-bond acceptors (Lipinski definition) is 4. The van der Waals surface area contributed by atoms with Gasteiger partial charge in [0, 0.05) is 17.1 Å². The van der Waals surface area contributed by atoms with Crippen molar-refractivity contribution in [2.75, 3.05) is 13.7 Å². The second kappa shape index (κ2) is 9.67. The number of aliphatic hydroxyl groups excluding tert-OH is 1. The minimum Gasteiger partial charge on any atom is -0.493 e. The van der Waals surface area contributed by atoms with E-state index < -0.39 is 0 Å². The Balaban J connectivity index is 2.08. The van der Waals surface area contributed by atoms with E-state index in [1.165, 1.54) is 0 Å². The summed E-state index contributed by atoms with van der Waals surface area (Å²) in [5, 5.41) is 12.6. The number of rotatable bonds is 9. The van der Waals surface area contributed by atoms with Crippen molar-refractivity contribution in [1.29, 1.82) is 0 Å². The van der Waals surface area contributed by atoms with Crippen LogP contribution in [0.4, 0.5) is 0 Å². The zero-order chi connectivity index (χ0) is 17.4. The third-order valence-corrected chi connectivity index (χ3v) is 4.60. The molecule has 0 aliphatic heterocycles. The van der Waals surface area contributed by atoms with Crippen LogP contribution in [0.15, 0.2) is 46.9 Å².